The number of quaternary nitrogens is 1. The van der Waals surface area contributed by atoms with Crippen molar-refractivity contribution in [2.75, 3.05) is 14.1 Å². The predicted octanol–water partition coefficient (Wildman–Crippen LogP) is 6.82. The molecule has 0 aliphatic heterocycles. The van der Waals surface area contributed by atoms with E-state index in [-0.39, 0.29) is 0 Å². The summed E-state index contributed by atoms with van der Waals surface area (Å²) in [6, 6.07) is 10.4. The fourth-order valence-electron chi connectivity index (χ4n) is 6.19. The van der Waals surface area contributed by atoms with Crippen molar-refractivity contribution in [2.24, 2.45) is 0 Å². The highest BCUT2D eigenvalue weighted by Gasteiger charge is 2.52. The lowest BCUT2D eigenvalue weighted by Gasteiger charge is -2.45. The minimum absolute atomic E-state index is 0.700. The van der Waals surface area contributed by atoms with E-state index in [0.717, 1.165) is 0 Å². The number of rotatable bonds is 6. The molecular weight excluding hydrogens is 858 g/mol. The second kappa shape index (κ2) is 15.9. The lowest BCUT2D eigenvalue weighted by molar-refractivity contribution is -0.786. The Hall–Kier alpha value is -4.70. The van der Waals surface area contributed by atoms with Crippen molar-refractivity contribution in [1.29, 1.82) is 0 Å². The summed E-state index contributed by atoms with van der Waals surface area (Å²) in [6.07, 6.45) is -7.12. The first-order valence-electron chi connectivity index (χ1n) is 15.3. The zero-order chi connectivity index (χ0) is 43.5. The van der Waals surface area contributed by atoms with Gasteiger partial charge in [-0.2, -0.15) is 11.1 Å². The Bertz CT molecular complexity index is 2160. The van der Waals surface area contributed by atoms with Crippen molar-refractivity contribution in [2.45, 2.75) is 13.1 Å². The quantitative estimate of drug-likeness (QED) is 0.0629. The number of hydrogen-bond donors (Lipinski definition) is 1. The Morgan fingerprint density at radius 2 is 0.579 bits per heavy atom. The van der Waals surface area contributed by atoms with Crippen molar-refractivity contribution in [3.8, 4) is 0 Å². The van der Waals surface area contributed by atoms with Crippen molar-refractivity contribution < 1.29 is 88.3 Å². The minimum atomic E-state index is -7.12. The summed E-state index contributed by atoms with van der Waals surface area (Å²) in [6.45, 7) is 1.40. The van der Waals surface area contributed by atoms with Crippen molar-refractivity contribution in [1.82, 2.24) is 0 Å². The highest BCUT2D eigenvalue weighted by Crippen LogP contribution is 2.30. The molecule has 1 N–H and O–H groups in total. The first kappa shape index (κ1) is 45.0. The largest absolute Gasteiger partial charge is 0.307 e. The van der Waals surface area contributed by atoms with Crippen LogP contribution in [-0.4, -0.2) is 27.6 Å². The number of halogens is 20. The van der Waals surface area contributed by atoms with E-state index in [9.17, 15) is 39.5 Å². The lowest BCUT2D eigenvalue weighted by atomic mass is 9.12. The van der Waals surface area contributed by atoms with Crippen LogP contribution in [0.1, 0.15) is 0 Å². The summed E-state index contributed by atoms with van der Waals surface area (Å²) in [5.74, 6) is -65.2. The molecule has 5 aromatic rings. The Labute approximate surface area is 313 Å². The van der Waals surface area contributed by atoms with Crippen molar-refractivity contribution in [3.05, 3.63) is 141 Å². The Kier molecular flexibility index (Phi) is 12.6. The van der Waals surface area contributed by atoms with Gasteiger partial charge in [0.15, 0.2) is 71.4 Å². The molecule has 0 aromatic heterocycles. The van der Waals surface area contributed by atoms with Crippen LogP contribution >= 0.6 is 11.1 Å². The van der Waals surface area contributed by atoms with Crippen LogP contribution in [0, 0.1) is 111 Å². The third kappa shape index (κ3) is 7.02. The normalized spacial score (nSPS) is 12.0. The standard InChI is InChI=1S/C26H6BClF19Si.C8H11N/c1-48(2,28)26-24(46)13(35)6(14(36)25(26)47)27(3-7(29)15(37)21(43)16(38)8(3)30,4-9(31)17(39)22(44)18(40)10(4)32)5-11(33)19(41)23(45)20(42)12(5)34;1-9(2)8-6-4-3-5-7-8/h1-2H3;3-7H,1-2H3/q-1;/p+1. The van der Waals surface area contributed by atoms with Gasteiger partial charge in [-0.3, -0.25) is 0 Å². The SMILES string of the molecule is C[NH+](C)c1ccccc1.C[Si](C)(Cl)c1c(F)c(F)c([B-](c2c(F)c(F)c(F)c(F)c2F)(c2c(F)c(F)c(F)c(F)c2F)c2c(F)c(F)c(F)c(F)c2F)c(F)c1F. The minimum Gasteiger partial charge on any atom is -0.307 e. The van der Waals surface area contributed by atoms with Gasteiger partial charge in [-0.15, -0.1) is 21.9 Å². The van der Waals surface area contributed by atoms with Gasteiger partial charge in [0.25, 0.3) is 0 Å². The lowest BCUT2D eigenvalue weighted by Crippen LogP contribution is -3.00. The summed E-state index contributed by atoms with van der Waals surface area (Å²) in [5.41, 5.74) is -12.5. The molecule has 1 nitrogen and oxygen atoms in total. The fourth-order valence-corrected chi connectivity index (χ4v) is 7.96. The highest BCUT2D eigenvalue weighted by molar-refractivity contribution is 7.26. The number of hydrogen-bond acceptors (Lipinski definition) is 0. The zero-order valence-corrected chi connectivity index (χ0v) is 30.3. The van der Waals surface area contributed by atoms with Gasteiger partial charge in [0.1, 0.15) is 58.4 Å². The molecule has 0 aliphatic rings. The molecule has 0 saturated carbocycles. The molecule has 0 heterocycles. The molecule has 0 radical (unpaired) electrons. The van der Waals surface area contributed by atoms with Gasteiger partial charge in [-0.05, 0) is 12.1 Å². The number of para-hydroxylation sites is 1. The maximum Gasteiger partial charge on any atom is 0.200 e. The van der Waals surface area contributed by atoms with E-state index >= 15 is 43.9 Å². The Morgan fingerprint density at radius 1 is 0.368 bits per heavy atom. The smallest absolute Gasteiger partial charge is 0.200 e. The molecule has 23 heteroatoms. The fraction of sp³-hybridized carbons (Fsp3) is 0.118. The van der Waals surface area contributed by atoms with Gasteiger partial charge in [0, 0.05) is 5.19 Å². The molecule has 0 fully saturated rings. The average molecular weight is 876 g/mol. The third-order valence-corrected chi connectivity index (χ3v) is 10.9. The summed E-state index contributed by atoms with van der Waals surface area (Å²) < 4.78 is 287. The van der Waals surface area contributed by atoms with Crippen LogP contribution in [0.4, 0.5) is 89.1 Å². The second-order valence-corrected chi connectivity index (χ2v) is 19.0. The van der Waals surface area contributed by atoms with Crippen LogP contribution in [0.3, 0.4) is 0 Å². The maximum absolute atomic E-state index is 16.1. The number of benzene rings is 5. The van der Waals surface area contributed by atoms with Crippen LogP contribution in [0.2, 0.25) is 13.1 Å². The summed E-state index contributed by atoms with van der Waals surface area (Å²) in [7, 11) is -0.110. The second-order valence-electron chi connectivity index (χ2n) is 12.7. The van der Waals surface area contributed by atoms with Crippen molar-refractivity contribution in [3.63, 3.8) is 0 Å². The van der Waals surface area contributed by atoms with E-state index in [1.165, 1.54) is 10.6 Å². The summed E-state index contributed by atoms with van der Waals surface area (Å²) in [5, 5.41) is -1.86. The molecule has 0 bridgehead atoms. The topological polar surface area (TPSA) is 4.44 Å². The Balaban J connectivity index is 0.000000702. The van der Waals surface area contributed by atoms with Gasteiger partial charge in [0.05, 0.1) is 14.1 Å². The molecule has 0 unspecified atom stereocenters. The molecule has 57 heavy (non-hydrogen) atoms. The first-order chi connectivity index (χ1) is 26.2. The van der Waals surface area contributed by atoms with Gasteiger partial charge in [0.2, 0.25) is 0 Å². The molecule has 5 rings (SSSR count). The maximum atomic E-state index is 16.1. The first-order valence-corrected chi connectivity index (χ1v) is 19.4. The van der Waals surface area contributed by atoms with E-state index in [2.05, 4.69) is 38.4 Å². The van der Waals surface area contributed by atoms with E-state index in [4.69, 9.17) is 11.1 Å². The van der Waals surface area contributed by atoms with E-state index in [1.54, 1.807) is 0 Å². The number of nitrogens with one attached hydrogen (secondary N) is 1. The molecule has 306 valence electrons. The molecule has 0 spiro atoms. The molecule has 5 aromatic carbocycles. The highest BCUT2D eigenvalue weighted by atomic mass is 35.6. The Morgan fingerprint density at radius 3 is 0.772 bits per heavy atom. The van der Waals surface area contributed by atoms with Gasteiger partial charge >= 0.3 is 0 Å². The zero-order valence-electron chi connectivity index (χ0n) is 28.5. The summed E-state index contributed by atoms with van der Waals surface area (Å²) in [4.78, 5) is 1.37. The van der Waals surface area contributed by atoms with Gasteiger partial charge < -0.3 is 4.90 Å². The van der Waals surface area contributed by atoms with Gasteiger partial charge in [-0.25, -0.2) is 83.4 Å². The molecule has 0 atom stereocenters. The predicted molar refractivity (Wildman–Crippen MR) is 171 cm³/mol. The van der Waals surface area contributed by atoms with Crippen LogP contribution in [0.5, 0.6) is 0 Å². The third-order valence-electron chi connectivity index (χ3n) is 8.71. The monoisotopic (exact) mass is 875 g/mol. The molecule has 0 aliphatic carbocycles. The molecular formula is C34H18BClF19NSi. The van der Waals surface area contributed by atoms with E-state index < -0.39 is 151 Å². The summed E-state index contributed by atoms with van der Waals surface area (Å²) >= 11 is 5.81. The van der Waals surface area contributed by atoms with Gasteiger partial charge in [-0.1, -0.05) is 31.3 Å². The van der Waals surface area contributed by atoms with Crippen LogP contribution < -0.4 is 31.9 Å². The van der Waals surface area contributed by atoms with Crippen LogP contribution in [0.15, 0.2) is 30.3 Å². The van der Waals surface area contributed by atoms with E-state index in [0.29, 0.717) is 13.1 Å². The molecule has 0 amide bonds. The average Bonchev–Trinajstić information content (AvgIpc) is 3.15. The van der Waals surface area contributed by atoms with E-state index in [1.807, 2.05) is 6.07 Å². The van der Waals surface area contributed by atoms with Crippen LogP contribution in [0.25, 0.3) is 0 Å². The molecule has 0 saturated heterocycles. The van der Waals surface area contributed by atoms with Crippen molar-refractivity contribution >= 4 is 57.3 Å². The van der Waals surface area contributed by atoms with Crippen LogP contribution in [-0.2, 0) is 0 Å².